The summed E-state index contributed by atoms with van der Waals surface area (Å²) in [6.45, 7) is 18.5. The molecule has 4 aliphatic carbocycles. The first kappa shape index (κ1) is 31.5. The maximum absolute atomic E-state index is 13.0. The second-order valence-corrected chi connectivity index (χ2v) is 16.5. The van der Waals surface area contributed by atoms with Crippen LogP contribution in [-0.2, 0) is 19.1 Å². The molecule has 0 aromatic rings. The summed E-state index contributed by atoms with van der Waals surface area (Å²) in [5, 5.41) is 10.2. The smallest absolute Gasteiger partial charge is 0.306 e. The van der Waals surface area contributed by atoms with Gasteiger partial charge >= 0.3 is 11.9 Å². The highest BCUT2D eigenvalue weighted by atomic mass is 16.5. The van der Waals surface area contributed by atoms with E-state index in [-0.39, 0.29) is 57.4 Å². The van der Waals surface area contributed by atoms with Gasteiger partial charge in [-0.2, -0.15) is 0 Å². The van der Waals surface area contributed by atoms with Crippen molar-refractivity contribution in [3.8, 4) is 0 Å². The molecule has 5 nitrogen and oxygen atoms in total. The van der Waals surface area contributed by atoms with Crippen LogP contribution >= 0.6 is 0 Å². The number of esters is 1. The molecule has 0 saturated heterocycles. The summed E-state index contributed by atoms with van der Waals surface area (Å²) in [4.78, 5) is 36.5. The van der Waals surface area contributed by atoms with Gasteiger partial charge in [0.2, 0.25) is 0 Å². The molecular formula is C35H58O5. The number of rotatable bonds is 8. The molecule has 1 N–H and O–H groups in total. The normalized spacial score (nSPS) is 42.9. The number of ether oxygens (including phenoxy) is 1. The van der Waals surface area contributed by atoms with Crippen LogP contribution in [0.2, 0.25) is 0 Å². The predicted octanol–water partition coefficient (Wildman–Crippen LogP) is 8.48. The van der Waals surface area contributed by atoms with Crippen LogP contribution in [0.5, 0.6) is 0 Å². The maximum Gasteiger partial charge on any atom is 0.306 e. The Kier molecular flexibility index (Phi) is 8.70. The predicted molar refractivity (Wildman–Crippen MR) is 159 cm³/mol. The van der Waals surface area contributed by atoms with E-state index in [9.17, 15) is 19.5 Å². The molecule has 0 aromatic heterocycles. The van der Waals surface area contributed by atoms with Gasteiger partial charge in [-0.25, -0.2) is 0 Å². The molecule has 0 radical (unpaired) electrons. The van der Waals surface area contributed by atoms with Crippen molar-refractivity contribution in [3.63, 3.8) is 0 Å². The fraction of sp³-hybridized carbons (Fsp3) is 0.914. The zero-order valence-corrected chi connectivity index (χ0v) is 26.8. The van der Waals surface area contributed by atoms with Gasteiger partial charge in [0.05, 0.1) is 12.3 Å². The van der Waals surface area contributed by atoms with Gasteiger partial charge in [0.25, 0.3) is 0 Å². The van der Waals surface area contributed by atoms with Crippen molar-refractivity contribution < 1.29 is 24.2 Å². The fourth-order valence-corrected chi connectivity index (χ4v) is 11.4. The van der Waals surface area contributed by atoms with Crippen LogP contribution in [0.25, 0.3) is 0 Å². The minimum absolute atomic E-state index is 0.0940. The molecule has 0 aliphatic heterocycles. The number of hydrogen-bond acceptors (Lipinski definition) is 4. The summed E-state index contributed by atoms with van der Waals surface area (Å²) in [5.74, 6) is 0.914. The fourth-order valence-electron chi connectivity index (χ4n) is 11.4. The molecule has 4 saturated carbocycles. The molecular weight excluding hydrogens is 500 g/mol. The monoisotopic (exact) mass is 558 g/mol. The highest BCUT2D eigenvalue weighted by Gasteiger charge is 2.67. The number of aliphatic carboxylic acids is 1. The van der Waals surface area contributed by atoms with Crippen LogP contribution in [0.1, 0.15) is 139 Å². The summed E-state index contributed by atoms with van der Waals surface area (Å²) in [6, 6.07) is 0. The Hall–Kier alpha value is -1.39. The Morgan fingerprint density at radius 1 is 0.925 bits per heavy atom. The summed E-state index contributed by atoms with van der Waals surface area (Å²) < 4.78 is 6.24. The van der Waals surface area contributed by atoms with Gasteiger partial charge in [-0.3, -0.25) is 9.59 Å². The van der Waals surface area contributed by atoms with Crippen LogP contribution < -0.4 is 0 Å². The molecule has 8 unspecified atom stereocenters. The average molecular weight is 559 g/mol. The Labute approximate surface area is 244 Å². The van der Waals surface area contributed by atoms with Crippen molar-refractivity contribution >= 4 is 18.2 Å². The molecule has 0 aromatic carbocycles. The van der Waals surface area contributed by atoms with Crippen molar-refractivity contribution in [2.45, 2.75) is 145 Å². The van der Waals surface area contributed by atoms with E-state index in [0.717, 1.165) is 57.7 Å². The minimum Gasteiger partial charge on any atom is -0.481 e. The van der Waals surface area contributed by atoms with Crippen LogP contribution in [-0.4, -0.2) is 29.4 Å². The molecule has 0 amide bonds. The quantitative estimate of drug-likeness (QED) is 0.239. The second-order valence-electron chi connectivity index (χ2n) is 16.5. The van der Waals surface area contributed by atoms with E-state index in [0.29, 0.717) is 24.2 Å². The molecule has 40 heavy (non-hydrogen) atoms. The van der Waals surface area contributed by atoms with E-state index < -0.39 is 5.97 Å². The van der Waals surface area contributed by atoms with Crippen LogP contribution in [0.3, 0.4) is 0 Å². The van der Waals surface area contributed by atoms with Crippen LogP contribution in [0, 0.1) is 56.7 Å². The number of carbonyl (C=O) groups is 3. The van der Waals surface area contributed by atoms with E-state index >= 15 is 0 Å². The first-order valence-electron chi connectivity index (χ1n) is 16.4. The number of hydrogen-bond donors (Lipinski definition) is 1. The topological polar surface area (TPSA) is 80.7 Å². The summed E-state index contributed by atoms with van der Waals surface area (Å²) in [5.41, 5.74) is 0.0361. The third-order valence-electron chi connectivity index (χ3n) is 13.6. The van der Waals surface area contributed by atoms with Crippen molar-refractivity contribution in [2.75, 3.05) is 0 Å². The zero-order chi connectivity index (χ0) is 29.7. The molecule has 4 fully saturated rings. The Bertz CT molecular complexity index is 969. The van der Waals surface area contributed by atoms with Gasteiger partial charge in [0.15, 0.2) is 0 Å². The van der Waals surface area contributed by atoms with Crippen molar-refractivity contribution in [2.24, 2.45) is 56.7 Å². The van der Waals surface area contributed by atoms with E-state index in [4.69, 9.17) is 4.74 Å². The Morgan fingerprint density at radius 3 is 2.23 bits per heavy atom. The van der Waals surface area contributed by atoms with Crippen LogP contribution in [0.4, 0.5) is 0 Å². The van der Waals surface area contributed by atoms with Gasteiger partial charge in [-0.1, -0.05) is 68.2 Å². The molecule has 5 heteroatoms. The van der Waals surface area contributed by atoms with Gasteiger partial charge in [-0.15, -0.1) is 0 Å². The number of carboxylic acid groups (broad SMARTS) is 1. The average Bonchev–Trinajstić information content (AvgIpc) is 2.95. The van der Waals surface area contributed by atoms with Gasteiger partial charge in [-0.05, 0) is 103 Å². The number of carbonyl (C=O) groups excluding carboxylic acids is 2. The molecule has 9 atom stereocenters. The van der Waals surface area contributed by atoms with Gasteiger partial charge < -0.3 is 14.6 Å². The Balaban J connectivity index is 1.61. The number of carboxylic acids is 1. The largest absolute Gasteiger partial charge is 0.481 e. The van der Waals surface area contributed by atoms with E-state index in [1.54, 1.807) is 0 Å². The third-order valence-corrected chi connectivity index (χ3v) is 13.6. The second kappa shape index (κ2) is 11.0. The van der Waals surface area contributed by atoms with E-state index in [1.165, 1.54) is 19.3 Å². The van der Waals surface area contributed by atoms with Crippen LogP contribution in [0.15, 0.2) is 0 Å². The molecule has 0 heterocycles. The number of aldehydes is 1. The molecule has 4 aliphatic rings. The zero-order valence-electron chi connectivity index (χ0n) is 26.8. The van der Waals surface area contributed by atoms with Gasteiger partial charge in [0, 0.05) is 11.8 Å². The summed E-state index contributed by atoms with van der Waals surface area (Å²) in [7, 11) is 0. The first-order chi connectivity index (χ1) is 18.6. The van der Waals surface area contributed by atoms with Crippen molar-refractivity contribution in [1.82, 2.24) is 0 Å². The lowest BCUT2D eigenvalue weighted by atomic mass is 9.36. The third kappa shape index (κ3) is 5.08. The lowest BCUT2D eigenvalue weighted by molar-refractivity contribution is -0.221. The minimum atomic E-state index is -0.578. The van der Waals surface area contributed by atoms with Crippen molar-refractivity contribution in [1.29, 1.82) is 0 Å². The highest BCUT2D eigenvalue weighted by molar-refractivity contribution is 5.71. The molecule has 0 spiro atoms. The van der Waals surface area contributed by atoms with Gasteiger partial charge in [0.1, 0.15) is 12.4 Å². The molecule has 228 valence electrons. The SMILES string of the molecule is CCCC1C(C(=O)O)CC[C@]2(C)C1CCCC1C3(C)CCC(OC(=O)CC(C)(C)CC=O)C(C)(C)C3CCC12C. The summed E-state index contributed by atoms with van der Waals surface area (Å²) >= 11 is 0. The lowest BCUT2D eigenvalue weighted by Gasteiger charge is -2.68. The maximum atomic E-state index is 13.0. The lowest BCUT2D eigenvalue weighted by Crippen LogP contribution is -2.63. The first-order valence-corrected chi connectivity index (χ1v) is 16.4. The van der Waals surface area contributed by atoms with Crippen molar-refractivity contribution in [3.05, 3.63) is 0 Å². The number of fused-ring (bicyclic) bond motifs is 5. The molecule has 0 bridgehead atoms. The summed E-state index contributed by atoms with van der Waals surface area (Å²) in [6.07, 6.45) is 13.3. The standard InChI is InChI=1S/C35H58O5/c1-9-11-23-24(30(38)39)14-18-34(7)25(23)12-10-13-27-33(6)17-16-28(40-29(37)22-31(2,3)20-21-36)32(4,5)26(33)15-19-35(27,34)8/h21,23-28H,9-20,22H2,1-8H3,(H,38,39)/t23?,24?,25?,26?,27?,28?,33?,34-,35?/m1/s1. The highest BCUT2D eigenvalue weighted by Crippen LogP contribution is 2.74. The Morgan fingerprint density at radius 2 is 1.60 bits per heavy atom. The van der Waals surface area contributed by atoms with E-state index in [2.05, 4.69) is 41.5 Å². The molecule has 4 rings (SSSR count). The van der Waals surface area contributed by atoms with E-state index in [1.807, 2.05) is 13.8 Å².